The van der Waals surface area contributed by atoms with Gasteiger partial charge in [0.1, 0.15) is 5.41 Å². The molecule has 5 nitrogen and oxygen atoms in total. The van der Waals surface area contributed by atoms with Crippen molar-refractivity contribution in [1.82, 2.24) is 5.32 Å². The monoisotopic (exact) mass is 295 g/mol. The SMILES string of the molecule is CC(NC(=O)C1(/C(N)=N/O)CCC1)c1ccc(Cl)cc1. The minimum absolute atomic E-state index is 0.00967. The third kappa shape index (κ3) is 2.58. The van der Waals surface area contributed by atoms with E-state index in [0.717, 1.165) is 12.0 Å². The first-order valence-corrected chi connectivity index (χ1v) is 6.92. The highest BCUT2D eigenvalue weighted by molar-refractivity contribution is 6.30. The summed E-state index contributed by atoms with van der Waals surface area (Å²) in [5.41, 5.74) is 5.77. The lowest BCUT2D eigenvalue weighted by Gasteiger charge is -2.39. The fraction of sp³-hybridized carbons (Fsp3) is 0.429. The van der Waals surface area contributed by atoms with E-state index in [1.54, 1.807) is 12.1 Å². The van der Waals surface area contributed by atoms with Gasteiger partial charge in [-0.15, -0.1) is 0 Å². The molecule has 1 unspecified atom stereocenters. The second kappa shape index (κ2) is 5.71. The Kier molecular flexibility index (Phi) is 4.18. The Balaban J connectivity index is 2.09. The Morgan fingerprint density at radius 1 is 1.45 bits per heavy atom. The largest absolute Gasteiger partial charge is 0.409 e. The third-order valence-corrected chi connectivity index (χ3v) is 4.21. The number of benzene rings is 1. The molecule has 0 radical (unpaired) electrons. The molecule has 4 N–H and O–H groups in total. The zero-order chi connectivity index (χ0) is 14.8. The van der Waals surface area contributed by atoms with Crippen molar-refractivity contribution in [2.75, 3.05) is 0 Å². The minimum atomic E-state index is -0.852. The number of carbonyl (C=O) groups excluding carboxylic acids is 1. The van der Waals surface area contributed by atoms with Gasteiger partial charge in [-0.3, -0.25) is 4.79 Å². The van der Waals surface area contributed by atoms with Gasteiger partial charge >= 0.3 is 0 Å². The molecule has 20 heavy (non-hydrogen) atoms. The maximum atomic E-state index is 12.4. The summed E-state index contributed by atoms with van der Waals surface area (Å²) in [6, 6.07) is 7.13. The van der Waals surface area contributed by atoms with Gasteiger partial charge in [0.05, 0.1) is 6.04 Å². The second-order valence-corrected chi connectivity index (χ2v) is 5.60. The number of halogens is 1. The number of oxime groups is 1. The summed E-state index contributed by atoms with van der Waals surface area (Å²) in [5.74, 6) is -0.203. The zero-order valence-electron chi connectivity index (χ0n) is 11.3. The molecular weight excluding hydrogens is 278 g/mol. The van der Waals surface area contributed by atoms with Gasteiger partial charge in [-0.2, -0.15) is 0 Å². The number of nitrogens with zero attached hydrogens (tertiary/aromatic N) is 1. The Hall–Kier alpha value is -1.75. The molecule has 0 bridgehead atoms. The molecular formula is C14H18ClN3O2. The molecule has 1 aromatic carbocycles. The van der Waals surface area contributed by atoms with Gasteiger partial charge in [0.2, 0.25) is 5.91 Å². The van der Waals surface area contributed by atoms with Crippen LogP contribution in [-0.2, 0) is 4.79 Å². The van der Waals surface area contributed by atoms with Gasteiger partial charge in [0.15, 0.2) is 5.84 Å². The molecule has 1 saturated carbocycles. The quantitative estimate of drug-likeness (QED) is 0.345. The molecule has 1 amide bonds. The van der Waals surface area contributed by atoms with Crippen molar-refractivity contribution in [2.45, 2.75) is 32.2 Å². The maximum Gasteiger partial charge on any atom is 0.234 e. The Morgan fingerprint density at radius 2 is 2.05 bits per heavy atom. The molecule has 0 saturated heterocycles. The molecule has 2 rings (SSSR count). The molecule has 1 fully saturated rings. The third-order valence-electron chi connectivity index (χ3n) is 3.96. The van der Waals surface area contributed by atoms with Crippen molar-refractivity contribution in [3.63, 3.8) is 0 Å². The van der Waals surface area contributed by atoms with Crippen LogP contribution in [0, 0.1) is 5.41 Å². The molecule has 0 heterocycles. The van der Waals surface area contributed by atoms with Crippen molar-refractivity contribution >= 4 is 23.3 Å². The van der Waals surface area contributed by atoms with E-state index in [4.69, 9.17) is 22.5 Å². The van der Waals surface area contributed by atoms with Crippen LogP contribution in [0.1, 0.15) is 37.8 Å². The zero-order valence-corrected chi connectivity index (χ0v) is 12.0. The molecule has 1 aliphatic rings. The second-order valence-electron chi connectivity index (χ2n) is 5.17. The van der Waals surface area contributed by atoms with Crippen LogP contribution in [0.5, 0.6) is 0 Å². The van der Waals surface area contributed by atoms with Gasteiger partial charge in [0.25, 0.3) is 0 Å². The van der Waals surface area contributed by atoms with Crippen LogP contribution in [0.2, 0.25) is 5.02 Å². The van der Waals surface area contributed by atoms with Crippen LogP contribution in [0.4, 0.5) is 0 Å². The van der Waals surface area contributed by atoms with Crippen LogP contribution in [0.15, 0.2) is 29.4 Å². The van der Waals surface area contributed by atoms with Gasteiger partial charge in [0, 0.05) is 5.02 Å². The first-order chi connectivity index (χ1) is 9.49. The molecule has 0 spiro atoms. The standard InChI is InChI=1S/C14H18ClN3O2/c1-9(10-3-5-11(15)6-4-10)17-13(19)14(7-2-8-14)12(16)18-20/h3-6,9,20H,2,7-8H2,1H3,(H2,16,18)(H,17,19). The number of nitrogens with two attached hydrogens (primary N) is 1. The number of carbonyl (C=O) groups is 1. The van der Waals surface area contributed by atoms with Crippen molar-refractivity contribution < 1.29 is 10.0 Å². The van der Waals surface area contributed by atoms with Crippen LogP contribution in [0.25, 0.3) is 0 Å². The average molecular weight is 296 g/mol. The van der Waals surface area contributed by atoms with Gasteiger partial charge in [-0.1, -0.05) is 35.3 Å². The Bertz CT molecular complexity index is 524. The lowest BCUT2D eigenvalue weighted by Crippen LogP contribution is -2.54. The molecule has 0 aromatic heterocycles. The smallest absolute Gasteiger partial charge is 0.234 e. The number of amides is 1. The van der Waals surface area contributed by atoms with Crippen molar-refractivity contribution in [2.24, 2.45) is 16.3 Å². The highest BCUT2D eigenvalue weighted by atomic mass is 35.5. The van der Waals surface area contributed by atoms with E-state index in [2.05, 4.69) is 10.5 Å². The number of rotatable bonds is 4. The first kappa shape index (κ1) is 14.7. The van der Waals surface area contributed by atoms with E-state index in [0.29, 0.717) is 17.9 Å². The summed E-state index contributed by atoms with van der Waals surface area (Å²) in [6.07, 6.45) is 2.13. The van der Waals surface area contributed by atoms with Crippen LogP contribution in [-0.4, -0.2) is 17.0 Å². The molecule has 1 atom stereocenters. The summed E-state index contributed by atoms with van der Waals surface area (Å²) in [4.78, 5) is 12.4. The number of amidine groups is 1. The van der Waals surface area contributed by atoms with Crippen LogP contribution < -0.4 is 11.1 Å². The number of nitrogens with one attached hydrogen (secondary N) is 1. The molecule has 108 valence electrons. The van der Waals surface area contributed by atoms with Crippen LogP contribution >= 0.6 is 11.6 Å². The fourth-order valence-corrected chi connectivity index (χ4v) is 2.52. The summed E-state index contributed by atoms with van der Waals surface area (Å²) in [6.45, 7) is 1.89. The molecule has 6 heteroatoms. The summed E-state index contributed by atoms with van der Waals surface area (Å²) < 4.78 is 0. The number of hydrogen-bond acceptors (Lipinski definition) is 3. The lowest BCUT2D eigenvalue weighted by molar-refractivity contribution is -0.131. The Labute approximate surface area is 122 Å². The van der Waals surface area contributed by atoms with E-state index in [1.165, 1.54) is 0 Å². The predicted molar refractivity (Wildman–Crippen MR) is 77.7 cm³/mol. The summed E-state index contributed by atoms with van der Waals surface area (Å²) in [7, 11) is 0. The maximum absolute atomic E-state index is 12.4. The van der Waals surface area contributed by atoms with E-state index in [1.807, 2.05) is 19.1 Å². The van der Waals surface area contributed by atoms with E-state index in [9.17, 15) is 4.79 Å². The Morgan fingerprint density at radius 3 is 2.50 bits per heavy atom. The molecule has 0 aliphatic heterocycles. The highest BCUT2D eigenvalue weighted by Gasteiger charge is 2.48. The van der Waals surface area contributed by atoms with Gasteiger partial charge < -0.3 is 16.3 Å². The van der Waals surface area contributed by atoms with Gasteiger partial charge in [-0.25, -0.2) is 0 Å². The highest BCUT2D eigenvalue weighted by Crippen LogP contribution is 2.41. The lowest BCUT2D eigenvalue weighted by atomic mass is 9.67. The molecule has 1 aromatic rings. The number of hydrogen-bond donors (Lipinski definition) is 3. The van der Waals surface area contributed by atoms with Crippen molar-refractivity contribution in [1.29, 1.82) is 0 Å². The summed E-state index contributed by atoms with van der Waals surface area (Å²) in [5, 5.41) is 15.4. The minimum Gasteiger partial charge on any atom is -0.409 e. The topological polar surface area (TPSA) is 87.7 Å². The fourth-order valence-electron chi connectivity index (χ4n) is 2.40. The molecule has 1 aliphatic carbocycles. The normalized spacial score (nSPS) is 19.0. The first-order valence-electron chi connectivity index (χ1n) is 6.54. The van der Waals surface area contributed by atoms with Crippen molar-refractivity contribution in [3.05, 3.63) is 34.9 Å². The van der Waals surface area contributed by atoms with Gasteiger partial charge in [-0.05, 0) is 37.5 Å². The van der Waals surface area contributed by atoms with E-state index in [-0.39, 0.29) is 17.8 Å². The predicted octanol–water partition coefficient (Wildman–Crippen LogP) is 2.43. The van der Waals surface area contributed by atoms with E-state index >= 15 is 0 Å². The van der Waals surface area contributed by atoms with Crippen molar-refractivity contribution in [3.8, 4) is 0 Å². The average Bonchev–Trinajstić information content (AvgIpc) is 2.37. The van der Waals surface area contributed by atoms with Crippen LogP contribution in [0.3, 0.4) is 0 Å². The van der Waals surface area contributed by atoms with E-state index < -0.39 is 5.41 Å². The summed E-state index contributed by atoms with van der Waals surface area (Å²) >= 11 is 5.84.